The second-order valence-corrected chi connectivity index (χ2v) is 6.35. The van der Waals surface area contributed by atoms with Crippen LogP contribution in [-0.4, -0.2) is 24.4 Å². The summed E-state index contributed by atoms with van der Waals surface area (Å²) >= 11 is 0. The minimum absolute atomic E-state index is 0.0798. The molecule has 0 saturated heterocycles. The molecule has 1 atom stereocenters. The van der Waals surface area contributed by atoms with Gasteiger partial charge in [-0.1, -0.05) is 90.9 Å². The Balaban J connectivity index is 3.26. The third kappa shape index (κ3) is 16.1. The molecule has 0 amide bonds. The maximum atomic E-state index is 9.33. The van der Waals surface area contributed by atoms with E-state index in [1.54, 1.807) is 0 Å². The first kappa shape index (κ1) is 20.9. The Morgan fingerprint density at radius 2 is 1.14 bits per heavy atom. The van der Waals surface area contributed by atoms with Crippen molar-refractivity contribution in [3.8, 4) is 0 Å². The number of hydrogen-bond acceptors (Lipinski definition) is 2. The molecule has 0 rings (SSSR count). The highest BCUT2D eigenvalue weighted by molar-refractivity contribution is 4.57. The molecule has 2 heteroatoms. The van der Waals surface area contributed by atoms with E-state index in [1.807, 2.05) is 0 Å². The summed E-state index contributed by atoms with van der Waals surface area (Å²) in [7, 11) is 0. The van der Waals surface area contributed by atoms with Crippen LogP contribution >= 0.6 is 0 Å². The smallest absolute Gasteiger partial charge is 0.0805 e. The third-order valence-corrected chi connectivity index (χ3v) is 4.18. The van der Waals surface area contributed by atoms with E-state index in [1.165, 1.54) is 77.0 Å². The lowest BCUT2D eigenvalue weighted by Crippen LogP contribution is -2.18. The quantitative estimate of drug-likeness (QED) is 0.341. The van der Waals surface area contributed by atoms with Crippen LogP contribution in [0.1, 0.15) is 104 Å². The summed E-state index contributed by atoms with van der Waals surface area (Å²) in [5, 5.41) is 9.33. The fourth-order valence-corrected chi connectivity index (χ4v) is 2.69. The van der Waals surface area contributed by atoms with Crippen molar-refractivity contribution >= 4 is 0 Å². The van der Waals surface area contributed by atoms with E-state index in [4.69, 9.17) is 4.74 Å². The van der Waals surface area contributed by atoms with Gasteiger partial charge in [-0.15, -0.1) is 0 Å². The minimum Gasteiger partial charge on any atom is -0.394 e. The largest absolute Gasteiger partial charge is 0.394 e. The van der Waals surface area contributed by atoms with Gasteiger partial charge in [0.2, 0.25) is 0 Å². The van der Waals surface area contributed by atoms with E-state index in [0.29, 0.717) is 0 Å². The van der Waals surface area contributed by atoms with Gasteiger partial charge in [-0.25, -0.2) is 0 Å². The van der Waals surface area contributed by atoms with Crippen LogP contribution in [0.2, 0.25) is 0 Å². The lowest BCUT2D eigenvalue weighted by Gasteiger charge is -2.15. The first-order chi connectivity index (χ1) is 10.3. The van der Waals surface area contributed by atoms with E-state index in [0.717, 1.165) is 19.4 Å². The number of aliphatic hydroxyl groups excluding tert-OH is 1. The van der Waals surface area contributed by atoms with Gasteiger partial charge >= 0.3 is 0 Å². The average molecular weight is 301 g/mol. The SMILES string of the molecule is CCCCCCCCCCOC(CO)CCCCCCC. The molecule has 1 N–H and O–H groups in total. The van der Waals surface area contributed by atoms with Crippen LogP contribution in [0.5, 0.6) is 0 Å². The van der Waals surface area contributed by atoms with E-state index < -0.39 is 0 Å². The summed E-state index contributed by atoms with van der Waals surface area (Å²) in [6.45, 7) is 5.52. The van der Waals surface area contributed by atoms with Gasteiger partial charge in [0.05, 0.1) is 12.7 Å². The second-order valence-electron chi connectivity index (χ2n) is 6.35. The number of unbranched alkanes of at least 4 members (excludes halogenated alkanes) is 11. The fraction of sp³-hybridized carbons (Fsp3) is 1.00. The Bertz CT molecular complexity index is 182. The molecule has 0 heterocycles. The van der Waals surface area contributed by atoms with Crippen molar-refractivity contribution < 1.29 is 9.84 Å². The molecule has 21 heavy (non-hydrogen) atoms. The van der Waals surface area contributed by atoms with Gasteiger partial charge in [0.25, 0.3) is 0 Å². The molecule has 0 aromatic heterocycles. The van der Waals surface area contributed by atoms with Crippen molar-refractivity contribution in [1.82, 2.24) is 0 Å². The minimum atomic E-state index is 0.0798. The predicted octanol–water partition coefficient (Wildman–Crippen LogP) is 5.87. The summed E-state index contributed by atoms with van der Waals surface area (Å²) in [6.07, 6.45) is 18.2. The third-order valence-electron chi connectivity index (χ3n) is 4.18. The molecule has 0 aliphatic carbocycles. The molecule has 0 saturated carbocycles. The number of ether oxygens (including phenoxy) is 1. The maximum absolute atomic E-state index is 9.33. The van der Waals surface area contributed by atoms with Gasteiger partial charge < -0.3 is 9.84 Å². The number of hydrogen-bond donors (Lipinski definition) is 1. The molecular formula is C19H40O2. The predicted molar refractivity (Wildman–Crippen MR) is 92.8 cm³/mol. The van der Waals surface area contributed by atoms with Gasteiger partial charge in [0.15, 0.2) is 0 Å². The van der Waals surface area contributed by atoms with Gasteiger partial charge in [0.1, 0.15) is 0 Å². The van der Waals surface area contributed by atoms with Crippen LogP contribution in [0.4, 0.5) is 0 Å². The fourth-order valence-electron chi connectivity index (χ4n) is 2.69. The molecule has 1 unspecified atom stereocenters. The molecule has 2 nitrogen and oxygen atoms in total. The Morgan fingerprint density at radius 1 is 0.667 bits per heavy atom. The zero-order chi connectivity index (χ0) is 15.6. The Hall–Kier alpha value is -0.0800. The first-order valence-corrected chi connectivity index (χ1v) is 9.57. The summed E-state index contributed by atoms with van der Waals surface area (Å²) in [5.74, 6) is 0. The van der Waals surface area contributed by atoms with E-state index in [2.05, 4.69) is 13.8 Å². The van der Waals surface area contributed by atoms with Crippen LogP contribution in [0.25, 0.3) is 0 Å². The van der Waals surface area contributed by atoms with Crippen molar-refractivity contribution in [3.05, 3.63) is 0 Å². The molecule has 0 spiro atoms. The van der Waals surface area contributed by atoms with Gasteiger partial charge in [-0.3, -0.25) is 0 Å². The molecule has 0 aromatic rings. The summed E-state index contributed by atoms with van der Waals surface area (Å²) in [5.41, 5.74) is 0. The monoisotopic (exact) mass is 300 g/mol. The van der Waals surface area contributed by atoms with Crippen molar-refractivity contribution in [3.63, 3.8) is 0 Å². The van der Waals surface area contributed by atoms with Crippen LogP contribution in [0.3, 0.4) is 0 Å². The van der Waals surface area contributed by atoms with Crippen molar-refractivity contribution in [2.75, 3.05) is 13.2 Å². The summed E-state index contributed by atoms with van der Waals surface area (Å²) in [4.78, 5) is 0. The van der Waals surface area contributed by atoms with Crippen LogP contribution in [0, 0.1) is 0 Å². The first-order valence-electron chi connectivity index (χ1n) is 9.57. The second kappa shape index (κ2) is 18.0. The highest BCUT2D eigenvalue weighted by atomic mass is 16.5. The molecular weight excluding hydrogens is 260 g/mol. The van der Waals surface area contributed by atoms with E-state index in [9.17, 15) is 5.11 Å². The van der Waals surface area contributed by atoms with Crippen LogP contribution in [-0.2, 0) is 4.74 Å². The molecule has 0 bridgehead atoms. The Kier molecular flexibility index (Phi) is 17.9. The van der Waals surface area contributed by atoms with E-state index in [-0.39, 0.29) is 12.7 Å². The summed E-state index contributed by atoms with van der Waals surface area (Å²) < 4.78 is 5.79. The Morgan fingerprint density at radius 3 is 1.67 bits per heavy atom. The number of rotatable bonds is 17. The molecule has 0 aromatic carbocycles. The van der Waals surface area contributed by atoms with E-state index >= 15 is 0 Å². The normalized spacial score (nSPS) is 12.7. The standard InChI is InChI=1S/C19H40O2/c1-3-5-7-9-10-11-13-15-17-21-19(18-20)16-14-12-8-6-4-2/h19-20H,3-18H2,1-2H3. The molecule has 0 radical (unpaired) electrons. The maximum Gasteiger partial charge on any atom is 0.0805 e. The van der Waals surface area contributed by atoms with Crippen molar-refractivity contribution in [1.29, 1.82) is 0 Å². The van der Waals surface area contributed by atoms with Gasteiger partial charge in [-0.05, 0) is 12.8 Å². The molecule has 128 valence electrons. The molecule has 0 aliphatic rings. The topological polar surface area (TPSA) is 29.5 Å². The van der Waals surface area contributed by atoms with Crippen molar-refractivity contribution in [2.45, 2.75) is 110 Å². The average Bonchev–Trinajstić information content (AvgIpc) is 2.51. The number of aliphatic hydroxyl groups is 1. The highest BCUT2D eigenvalue weighted by Crippen LogP contribution is 2.11. The van der Waals surface area contributed by atoms with Gasteiger partial charge in [-0.2, -0.15) is 0 Å². The van der Waals surface area contributed by atoms with Crippen molar-refractivity contribution in [2.24, 2.45) is 0 Å². The zero-order valence-corrected chi connectivity index (χ0v) is 14.7. The highest BCUT2D eigenvalue weighted by Gasteiger charge is 2.06. The lowest BCUT2D eigenvalue weighted by molar-refractivity contribution is 0.00498. The zero-order valence-electron chi connectivity index (χ0n) is 14.7. The molecule has 0 aliphatic heterocycles. The Labute approximate surface area is 133 Å². The van der Waals surface area contributed by atoms with Crippen LogP contribution in [0.15, 0.2) is 0 Å². The van der Waals surface area contributed by atoms with Crippen LogP contribution < -0.4 is 0 Å². The molecule has 0 fully saturated rings. The lowest BCUT2D eigenvalue weighted by atomic mass is 10.1. The summed E-state index contributed by atoms with van der Waals surface area (Å²) in [6, 6.07) is 0. The van der Waals surface area contributed by atoms with Gasteiger partial charge in [0, 0.05) is 6.61 Å².